The lowest BCUT2D eigenvalue weighted by Crippen LogP contribution is -1.87. The van der Waals surface area contributed by atoms with Crippen LogP contribution in [0.5, 0.6) is 0 Å². The molecule has 20 heavy (non-hydrogen) atoms. The van der Waals surface area contributed by atoms with Gasteiger partial charge >= 0.3 is 0 Å². The topological polar surface area (TPSA) is 0 Å². The smallest absolute Gasteiger partial charge is 0.0226 e. The van der Waals surface area contributed by atoms with Gasteiger partial charge in [-0.2, -0.15) is 0 Å². The van der Waals surface area contributed by atoms with E-state index in [-0.39, 0.29) is 0 Å². The lowest BCUT2D eigenvalue weighted by atomic mass is 9.99. The van der Waals surface area contributed by atoms with Crippen LogP contribution in [0.3, 0.4) is 0 Å². The van der Waals surface area contributed by atoms with Crippen molar-refractivity contribution < 1.29 is 0 Å². The van der Waals surface area contributed by atoms with Crippen molar-refractivity contribution in [3.63, 3.8) is 0 Å². The molecule has 0 nitrogen and oxygen atoms in total. The lowest BCUT2D eigenvalue weighted by molar-refractivity contribution is 1.43. The third-order valence-corrected chi connectivity index (χ3v) is 4.24. The van der Waals surface area contributed by atoms with E-state index < -0.39 is 0 Å². The molecule has 0 amide bonds. The van der Waals surface area contributed by atoms with Crippen LogP contribution in [0.4, 0.5) is 0 Å². The summed E-state index contributed by atoms with van der Waals surface area (Å²) >= 11 is 1.81. The quantitative estimate of drug-likeness (QED) is 0.549. The van der Waals surface area contributed by atoms with Gasteiger partial charge in [0.05, 0.1) is 0 Å². The molecule has 0 heterocycles. The maximum absolute atomic E-state index is 2.20. The van der Waals surface area contributed by atoms with E-state index in [2.05, 4.69) is 85.1 Å². The average molecular weight is 276 g/mol. The normalized spacial score (nSPS) is 10.4. The highest BCUT2D eigenvalue weighted by molar-refractivity contribution is 7.98. The van der Waals surface area contributed by atoms with Gasteiger partial charge in [-0.05, 0) is 28.5 Å². The van der Waals surface area contributed by atoms with E-state index in [0.29, 0.717) is 0 Å². The highest BCUT2D eigenvalue weighted by Gasteiger charge is 2.10. The Morgan fingerprint density at radius 1 is 0.550 bits per heavy atom. The molecule has 1 heteroatoms. The van der Waals surface area contributed by atoms with Gasteiger partial charge in [0.25, 0.3) is 0 Å². The van der Waals surface area contributed by atoms with Gasteiger partial charge in [-0.1, -0.05) is 78.9 Å². The van der Waals surface area contributed by atoms with Crippen molar-refractivity contribution in [2.75, 3.05) is 6.26 Å². The van der Waals surface area contributed by atoms with Crippen LogP contribution in [0.2, 0.25) is 0 Å². The van der Waals surface area contributed by atoms with Gasteiger partial charge in [-0.3, -0.25) is 0 Å². The Hall–Kier alpha value is -1.99. The molecular weight excluding hydrogens is 260 g/mol. The summed E-state index contributed by atoms with van der Waals surface area (Å²) in [6.07, 6.45) is 2.15. The molecule has 0 bridgehead atoms. The van der Waals surface area contributed by atoms with Crippen LogP contribution in [-0.2, 0) is 0 Å². The van der Waals surface area contributed by atoms with Crippen molar-refractivity contribution in [2.24, 2.45) is 0 Å². The van der Waals surface area contributed by atoms with Crippen LogP contribution >= 0.6 is 11.8 Å². The van der Waals surface area contributed by atoms with Gasteiger partial charge in [0, 0.05) is 4.90 Å². The standard InChI is InChI=1S/C19H16S/c1-20-19-17(15-9-4-2-5-10-15)13-8-14-18(19)16-11-6-3-7-12-16/h2-14H,1H3. The molecule has 3 aromatic carbocycles. The summed E-state index contributed by atoms with van der Waals surface area (Å²) in [6.45, 7) is 0. The number of hydrogen-bond acceptors (Lipinski definition) is 1. The van der Waals surface area contributed by atoms with Gasteiger partial charge < -0.3 is 0 Å². The second-order valence-corrected chi connectivity index (χ2v) is 5.43. The SMILES string of the molecule is CSc1c(-c2ccccc2)cccc1-c1ccccc1. The van der Waals surface area contributed by atoms with Crippen molar-refractivity contribution in [3.8, 4) is 22.3 Å². The van der Waals surface area contributed by atoms with E-state index in [4.69, 9.17) is 0 Å². The minimum atomic E-state index is 1.27. The summed E-state index contributed by atoms with van der Waals surface area (Å²) in [6, 6.07) is 27.7. The van der Waals surface area contributed by atoms with Crippen molar-refractivity contribution in [1.82, 2.24) is 0 Å². The molecule has 3 aromatic rings. The Balaban J connectivity index is 2.19. The second kappa shape index (κ2) is 5.98. The molecule has 0 N–H and O–H groups in total. The van der Waals surface area contributed by atoms with Gasteiger partial charge in [-0.15, -0.1) is 11.8 Å². The monoisotopic (exact) mass is 276 g/mol. The Morgan fingerprint density at radius 3 is 1.40 bits per heavy atom. The Labute approximate surface area is 124 Å². The van der Waals surface area contributed by atoms with E-state index in [0.717, 1.165) is 0 Å². The maximum atomic E-state index is 2.20. The highest BCUT2D eigenvalue weighted by Crippen LogP contribution is 2.38. The fourth-order valence-electron chi connectivity index (χ4n) is 2.45. The number of benzene rings is 3. The third-order valence-electron chi connectivity index (χ3n) is 3.39. The van der Waals surface area contributed by atoms with E-state index in [9.17, 15) is 0 Å². The molecular formula is C19H16S. The van der Waals surface area contributed by atoms with Gasteiger partial charge in [0.2, 0.25) is 0 Å². The summed E-state index contributed by atoms with van der Waals surface area (Å²) in [7, 11) is 0. The van der Waals surface area contributed by atoms with Gasteiger partial charge in [0.15, 0.2) is 0 Å². The van der Waals surface area contributed by atoms with Crippen LogP contribution in [0.15, 0.2) is 83.8 Å². The summed E-state index contributed by atoms with van der Waals surface area (Å²) in [5.74, 6) is 0. The Kier molecular flexibility index (Phi) is 3.89. The Morgan fingerprint density at radius 2 is 1.00 bits per heavy atom. The molecule has 98 valence electrons. The zero-order valence-electron chi connectivity index (χ0n) is 11.4. The number of hydrogen-bond donors (Lipinski definition) is 0. The molecule has 0 atom stereocenters. The maximum Gasteiger partial charge on any atom is 0.0226 e. The van der Waals surface area contributed by atoms with Gasteiger partial charge in [0.1, 0.15) is 0 Å². The van der Waals surface area contributed by atoms with Crippen molar-refractivity contribution in [2.45, 2.75) is 4.90 Å². The molecule has 0 radical (unpaired) electrons. The average Bonchev–Trinajstić information content (AvgIpc) is 2.55. The largest absolute Gasteiger partial charge is 0.128 e. The summed E-state index contributed by atoms with van der Waals surface area (Å²) in [5.41, 5.74) is 5.16. The van der Waals surface area contributed by atoms with E-state index in [1.54, 1.807) is 0 Å². The molecule has 0 fully saturated rings. The fourth-order valence-corrected chi connectivity index (χ4v) is 3.26. The molecule has 3 rings (SSSR count). The lowest BCUT2D eigenvalue weighted by Gasteiger charge is -2.13. The minimum absolute atomic E-state index is 1.27. The first-order chi connectivity index (χ1) is 9.90. The van der Waals surface area contributed by atoms with E-state index >= 15 is 0 Å². The van der Waals surface area contributed by atoms with Crippen LogP contribution in [0.25, 0.3) is 22.3 Å². The molecule has 0 saturated carbocycles. The van der Waals surface area contributed by atoms with Crippen LogP contribution in [-0.4, -0.2) is 6.26 Å². The first kappa shape index (κ1) is 13.0. The first-order valence-corrected chi connectivity index (χ1v) is 7.90. The summed E-state index contributed by atoms with van der Waals surface area (Å²) in [4.78, 5) is 1.34. The summed E-state index contributed by atoms with van der Waals surface area (Å²) in [5, 5.41) is 0. The molecule has 0 saturated heterocycles. The number of thioether (sulfide) groups is 1. The Bertz CT molecular complexity index is 630. The van der Waals surface area contributed by atoms with Gasteiger partial charge in [-0.25, -0.2) is 0 Å². The second-order valence-electron chi connectivity index (χ2n) is 4.62. The predicted molar refractivity (Wildman–Crippen MR) is 89.1 cm³/mol. The molecule has 0 spiro atoms. The molecule has 0 aliphatic rings. The van der Waals surface area contributed by atoms with Crippen LogP contribution in [0, 0.1) is 0 Å². The summed E-state index contributed by atoms with van der Waals surface area (Å²) < 4.78 is 0. The van der Waals surface area contributed by atoms with Crippen molar-refractivity contribution in [1.29, 1.82) is 0 Å². The molecule has 0 unspecified atom stereocenters. The first-order valence-electron chi connectivity index (χ1n) is 6.68. The predicted octanol–water partition coefficient (Wildman–Crippen LogP) is 5.74. The zero-order valence-corrected chi connectivity index (χ0v) is 12.2. The zero-order chi connectivity index (χ0) is 13.8. The fraction of sp³-hybridized carbons (Fsp3) is 0.0526. The van der Waals surface area contributed by atoms with Crippen molar-refractivity contribution in [3.05, 3.63) is 78.9 Å². The van der Waals surface area contributed by atoms with E-state index in [1.807, 2.05) is 11.8 Å². The van der Waals surface area contributed by atoms with E-state index in [1.165, 1.54) is 27.1 Å². The van der Waals surface area contributed by atoms with Crippen molar-refractivity contribution >= 4 is 11.8 Å². The molecule has 0 aromatic heterocycles. The molecule has 0 aliphatic heterocycles. The minimum Gasteiger partial charge on any atom is -0.128 e. The third kappa shape index (κ3) is 2.50. The number of rotatable bonds is 3. The van der Waals surface area contributed by atoms with Crippen LogP contribution in [0.1, 0.15) is 0 Å². The molecule has 0 aliphatic carbocycles. The van der Waals surface area contributed by atoms with Crippen LogP contribution < -0.4 is 0 Å². The highest BCUT2D eigenvalue weighted by atomic mass is 32.2.